The van der Waals surface area contributed by atoms with Crippen LogP contribution < -0.4 is 10.5 Å². The molecule has 0 spiro atoms. The molecule has 2 nitrogen and oxygen atoms in total. The molecule has 1 atom stereocenters. The van der Waals surface area contributed by atoms with Crippen LogP contribution in [0.15, 0.2) is 53.0 Å². The van der Waals surface area contributed by atoms with Gasteiger partial charge in [-0.1, -0.05) is 46.3 Å². The van der Waals surface area contributed by atoms with Crippen LogP contribution in [0, 0.1) is 0 Å². The predicted octanol–water partition coefficient (Wildman–Crippen LogP) is 4.10. The van der Waals surface area contributed by atoms with E-state index in [1.54, 1.807) is 0 Å². The first-order valence-corrected chi connectivity index (χ1v) is 8.18. The van der Waals surface area contributed by atoms with Crippen molar-refractivity contribution >= 4 is 15.9 Å². The molecule has 0 radical (unpaired) electrons. The molecule has 2 aromatic rings. The van der Waals surface area contributed by atoms with Crippen molar-refractivity contribution in [3.8, 4) is 5.75 Å². The summed E-state index contributed by atoms with van der Waals surface area (Å²) >= 11 is 3.45. The van der Waals surface area contributed by atoms with E-state index >= 15 is 0 Å². The number of hydrogen-bond acceptors (Lipinski definition) is 2. The second kappa shape index (κ2) is 6.20. The van der Waals surface area contributed by atoms with Gasteiger partial charge in [-0.3, -0.25) is 0 Å². The lowest BCUT2D eigenvalue weighted by Gasteiger charge is -2.34. The van der Waals surface area contributed by atoms with Crippen molar-refractivity contribution < 1.29 is 4.74 Å². The summed E-state index contributed by atoms with van der Waals surface area (Å²) < 4.78 is 6.87. The van der Waals surface area contributed by atoms with Gasteiger partial charge in [0.25, 0.3) is 0 Å². The lowest BCUT2D eigenvalue weighted by molar-refractivity contribution is 0.241. The topological polar surface area (TPSA) is 35.2 Å². The quantitative estimate of drug-likeness (QED) is 0.905. The summed E-state index contributed by atoms with van der Waals surface area (Å²) in [4.78, 5) is 0. The number of halogens is 1. The van der Waals surface area contributed by atoms with Gasteiger partial charge in [0.1, 0.15) is 5.75 Å². The minimum absolute atomic E-state index is 0.139. The van der Waals surface area contributed by atoms with Gasteiger partial charge in [0.05, 0.1) is 6.61 Å². The molecule has 2 aromatic carbocycles. The van der Waals surface area contributed by atoms with Crippen LogP contribution in [0.2, 0.25) is 0 Å². The molecule has 0 aromatic heterocycles. The Kier molecular flexibility index (Phi) is 4.32. The van der Waals surface area contributed by atoms with Crippen LogP contribution in [0.5, 0.6) is 5.75 Å². The van der Waals surface area contributed by atoms with E-state index in [2.05, 4.69) is 40.2 Å². The van der Waals surface area contributed by atoms with Crippen molar-refractivity contribution in [3.63, 3.8) is 0 Å². The minimum Gasteiger partial charge on any atom is -0.493 e. The fraction of sp³-hybridized carbons (Fsp3) is 0.333. The summed E-state index contributed by atoms with van der Waals surface area (Å²) in [5.74, 6) is 0.893. The molecule has 1 aliphatic rings. The highest BCUT2D eigenvalue weighted by Gasteiger charge is 2.30. The van der Waals surface area contributed by atoms with Crippen LogP contribution in [0.4, 0.5) is 0 Å². The van der Waals surface area contributed by atoms with Gasteiger partial charge in [0.2, 0.25) is 0 Å². The summed E-state index contributed by atoms with van der Waals surface area (Å²) in [6.45, 7) is 0.662. The van der Waals surface area contributed by atoms with Crippen molar-refractivity contribution in [2.75, 3.05) is 6.61 Å². The zero-order valence-electron chi connectivity index (χ0n) is 12.0. The molecule has 3 heteroatoms. The molecule has 0 saturated heterocycles. The van der Waals surface area contributed by atoms with Crippen LogP contribution in [0.3, 0.4) is 0 Å². The van der Waals surface area contributed by atoms with Crippen LogP contribution in [-0.4, -0.2) is 12.1 Å². The number of rotatable bonds is 4. The van der Waals surface area contributed by atoms with Crippen molar-refractivity contribution in [3.05, 3.63) is 64.1 Å². The first-order chi connectivity index (χ1) is 10.1. The second-order valence-electron chi connectivity index (χ2n) is 5.86. The SMILES string of the molecule is NC1(CCOc2cccc(Br)c2)CCc2ccccc2C1. The highest BCUT2D eigenvalue weighted by Crippen LogP contribution is 2.29. The molecular formula is C18H20BrNO. The lowest BCUT2D eigenvalue weighted by atomic mass is 9.77. The van der Waals surface area contributed by atoms with Crippen molar-refractivity contribution in [2.24, 2.45) is 5.73 Å². The monoisotopic (exact) mass is 345 g/mol. The third kappa shape index (κ3) is 3.66. The molecule has 3 rings (SSSR count). The molecule has 0 saturated carbocycles. The number of ether oxygens (including phenoxy) is 1. The van der Waals surface area contributed by atoms with Crippen LogP contribution >= 0.6 is 15.9 Å². The Labute approximate surface area is 134 Å². The van der Waals surface area contributed by atoms with Gasteiger partial charge in [-0.05, 0) is 55.0 Å². The highest BCUT2D eigenvalue weighted by atomic mass is 79.9. The first kappa shape index (κ1) is 14.6. The number of nitrogens with two attached hydrogens (primary N) is 1. The van der Waals surface area contributed by atoms with Crippen LogP contribution in [0.25, 0.3) is 0 Å². The summed E-state index contributed by atoms with van der Waals surface area (Å²) in [5.41, 5.74) is 9.29. The molecule has 2 N–H and O–H groups in total. The van der Waals surface area contributed by atoms with E-state index < -0.39 is 0 Å². The molecule has 0 bridgehead atoms. The molecule has 21 heavy (non-hydrogen) atoms. The van der Waals surface area contributed by atoms with E-state index in [0.29, 0.717) is 6.61 Å². The Morgan fingerprint density at radius 1 is 1.10 bits per heavy atom. The average molecular weight is 346 g/mol. The van der Waals surface area contributed by atoms with E-state index in [1.165, 1.54) is 11.1 Å². The van der Waals surface area contributed by atoms with Crippen LogP contribution in [0.1, 0.15) is 24.0 Å². The molecule has 110 valence electrons. The summed E-state index contributed by atoms with van der Waals surface area (Å²) in [6, 6.07) is 16.6. The van der Waals surface area contributed by atoms with Crippen molar-refractivity contribution in [1.82, 2.24) is 0 Å². The zero-order chi connectivity index (χ0) is 14.7. The minimum atomic E-state index is -0.139. The number of benzene rings is 2. The van der Waals surface area contributed by atoms with E-state index in [9.17, 15) is 0 Å². The Morgan fingerprint density at radius 3 is 2.71 bits per heavy atom. The average Bonchev–Trinajstić information content (AvgIpc) is 2.47. The highest BCUT2D eigenvalue weighted by molar-refractivity contribution is 9.10. The molecule has 0 fully saturated rings. The Bertz CT molecular complexity index is 628. The normalized spacial score (nSPS) is 20.9. The number of hydrogen-bond donors (Lipinski definition) is 1. The maximum atomic E-state index is 6.58. The van der Waals surface area contributed by atoms with Crippen LogP contribution in [-0.2, 0) is 12.8 Å². The van der Waals surface area contributed by atoms with E-state index in [4.69, 9.17) is 10.5 Å². The molecule has 0 amide bonds. The maximum Gasteiger partial charge on any atom is 0.120 e. The summed E-state index contributed by atoms with van der Waals surface area (Å²) in [7, 11) is 0. The molecule has 0 heterocycles. The van der Waals surface area contributed by atoms with Crippen molar-refractivity contribution in [2.45, 2.75) is 31.2 Å². The smallest absolute Gasteiger partial charge is 0.120 e. The predicted molar refractivity (Wildman–Crippen MR) is 89.6 cm³/mol. The molecular weight excluding hydrogens is 326 g/mol. The Morgan fingerprint density at radius 2 is 1.90 bits per heavy atom. The van der Waals surface area contributed by atoms with Gasteiger partial charge < -0.3 is 10.5 Å². The van der Waals surface area contributed by atoms with Crippen molar-refractivity contribution in [1.29, 1.82) is 0 Å². The third-order valence-electron chi connectivity index (χ3n) is 4.22. The van der Waals surface area contributed by atoms with Gasteiger partial charge in [-0.15, -0.1) is 0 Å². The summed E-state index contributed by atoms with van der Waals surface area (Å²) in [6.07, 6.45) is 3.94. The van der Waals surface area contributed by atoms with Gasteiger partial charge in [0, 0.05) is 10.0 Å². The van der Waals surface area contributed by atoms with E-state index in [0.717, 1.165) is 35.9 Å². The molecule has 1 aliphatic carbocycles. The standard InChI is InChI=1S/C18H20BrNO/c19-16-6-3-7-17(12-16)21-11-10-18(20)9-8-14-4-1-2-5-15(14)13-18/h1-7,12H,8-11,13,20H2. The molecule has 1 unspecified atom stereocenters. The fourth-order valence-corrected chi connectivity index (χ4v) is 3.35. The largest absolute Gasteiger partial charge is 0.493 e. The Balaban J connectivity index is 1.58. The number of aryl methyl sites for hydroxylation is 1. The van der Waals surface area contributed by atoms with Gasteiger partial charge in [-0.2, -0.15) is 0 Å². The summed E-state index contributed by atoms with van der Waals surface area (Å²) in [5, 5.41) is 0. The van der Waals surface area contributed by atoms with E-state index in [1.807, 2.05) is 24.3 Å². The Hall–Kier alpha value is -1.32. The maximum absolute atomic E-state index is 6.58. The first-order valence-electron chi connectivity index (χ1n) is 7.39. The second-order valence-corrected chi connectivity index (χ2v) is 6.78. The fourth-order valence-electron chi connectivity index (χ4n) is 2.97. The zero-order valence-corrected chi connectivity index (χ0v) is 13.6. The van der Waals surface area contributed by atoms with E-state index in [-0.39, 0.29) is 5.54 Å². The molecule has 0 aliphatic heterocycles. The van der Waals surface area contributed by atoms with Gasteiger partial charge in [0.15, 0.2) is 0 Å². The van der Waals surface area contributed by atoms with Gasteiger partial charge in [-0.25, -0.2) is 0 Å². The van der Waals surface area contributed by atoms with Gasteiger partial charge >= 0.3 is 0 Å². The third-order valence-corrected chi connectivity index (χ3v) is 4.71. The number of fused-ring (bicyclic) bond motifs is 1. The lowest BCUT2D eigenvalue weighted by Crippen LogP contribution is -2.46.